The Morgan fingerprint density at radius 1 is 1.45 bits per heavy atom. The van der Waals surface area contributed by atoms with E-state index in [1.54, 1.807) is 19.2 Å². The summed E-state index contributed by atoms with van der Waals surface area (Å²) in [6, 6.07) is 1.63. The quantitative estimate of drug-likeness (QED) is 0.875. The van der Waals surface area contributed by atoms with Crippen molar-refractivity contribution in [2.75, 3.05) is 32.8 Å². The molecule has 20 heavy (non-hydrogen) atoms. The molecule has 1 aromatic heterocycles. The second-order valence-corrected chi connectivity index (χ2v) is 5.58. The Hall–Kier alpha value is -1.53. The minimum Gasteiger partial charge on any atom is -0.379 e. The van der Waals surface area contributed by atoms with Crippen molar-refractivity contribution in [2.45, 2.75) is 26.3 Å². The molecule has 2 heterocycles. The zero-order valence-corrected chi connectivity index (χ0v) is 12.3. The van der Waals surface area contributed by atoms with Crippen LogP contribution in [0.15, 0.2) is 12.3 Å². The van der Waals surface area contributed by atoms with E-state index in [4.69, 9.17) is 4.74 Å². The van der Waals surface area contributed by atoms with E-state index >= 15 is 0 Å². The Labute approximate surface area is 119 Å². The van der Waals surface area contributed by atoms with E-state index in [2.05, 4.69) is 34.0 Å². The van der Waals surface area contributed by atoms with Crippen molar-refractivity contribution in [3.05, 3.63) is 23.8 Å². The van der Waals surface area contributed by atoms with Crippen molar-refractivity contribution in [2.24, 2.45) is 0 Å². The summed E-state index contributed by atoms with van der Waals surface area (Å²) in [6.45, 7) is 9.91. The number of aromatic nitrogens is 2. The summed E-state index contributed by atoms with van der Waals surface area (Å²) >= 11 is 0. The van der Waals surface area contributed by atoms with Gasteiger partial charge in [0.25, 0.3) is 5.91 Å². The van der Waals surface area contributed by atoms with Gasteiger partial charge >= 0.3 is 0 Å². The van der Waals surface area contributed by atoms with Gasteiger partial charge in [0, 0.05) is 31.4 Å². The minimum atomic E-state index is -0.156. The first-order chi connectivity index (χ1) is 9.49. The van der Waals surface area contributed by atoms with Gasteiger partial charge < -0.3 is 10.1 Å². The van der Waals surface area contributed by atoms with Gasteiger partial charge in [-0.2, -0.15) is 0 Å². The number of carbonyl (C=O) groups excluding carboxylic acids is 1. The molecule has 0 saturated carbocycles. The van der Waals surface area contributed by atoms with E-state index in [0.29, 0.717) is 18.1 Å². The molecule has 0 aromatic carbocycles. The highest BCUT2D eigenvalue weighted by atomic mass is 16.5. The summed E-state index contributed by atoms with van der Waals surface area (Å²) in [6.07, 6.45) is 1.60. The summed E-state index contributed by atoms with van der Waals surface area (Å²) in [5.74, 6) is 0.446. The first-order valence-corrected chi connectivity index (χ1v) is 6.90. The first kappa shape index (κ1) is 14.9. The molecule has 0 atom stereocenters. The van der Waals surface area contributed by atoms with Gasteiger partial charge in [-0.3, -0.25) is 9.69 Å². The van der Waals surface area contributed by atoms with Crippen molar-refractivity contribution in [3.63, 3.8) is 0 Å². The van der Waals surface area contributed by atoms with E-state index < -0.39 is 0 Å². The Morgan fingerprint density at radius 2 is 2.15 bits per heavy atom. The van der Waals surface area contributed by atoms with Crippen molar-refractivity contribution in [1.82, 2.24) is 20.2 Å². The van der Waals surface area contributed by atoms with Gasteiger partial charge in [0.1, 0.15) is 11.5 Å². The maximum atomic E-state index is 12.1. The van der Waals surface area contributed by atoms with Crippen LogP contribution in [0.1, 0.15) is 30.2 Å². The lowest BCUT2D eigenvalue weighted by Gasteiger charge is -2.40. The van der Waals surface area contributed by atoms with Gasteiger partial charge in [-0.05, 0) is 26.8 Å². The molecule has 1 aliphatic rings. The number of ether oxygens (including phenoxy) is 1. The summed E-state index contributed by atoms with van der Waals surface area (Å²) in [5.41, 5.74) is 0.317. The Kier molecular flexibility index (Phi) is 4.67. The van der Waals surface area contributed by atoms with Gasteiger partial charge in [0.15, 0.2) is 0 Å². The number of amides is 1. The topological polar surface area (TPSA) is 67.4 Å². The van der Waals surface area contributed by atoms with Gasteiger partial charge in [-0.25, -0.2) is 9.97 Å². The summed E-state index contributed by atoms with van der Waals surface area (Å²) < 4.78 is 5.36. The van der Waals surface area contributed by atoms with Crippen LogP contribution in [0.3, 0.4) is 0 Å². The Morgan fingerprint density at radius 3 is 2.80 bits per heavy atom. The third-order valence-electron chi connectivity index (χ3n) is 3.56. The number of carbonyl (C=O) groups is 1. The largest absolute Gasteiger partial charge is 0.379 e. The Bertz CT molecular complexity index is 470. The second kappa shape index (κ2) is 6.28. The van der Waals surface area contributed by atoms with Crippen molar-refractivity contribution >= 4 is 5.91 Å². The van der Waals surface area contributed by atoms with Crippen LogP contribution in [0.5, 0.6) is 0 Å². The van der Waals surface area contributed by atoms with Gasteiger partial charge in [-0.15, -0.1) is 0 Å². The second-order valence-electron chi connectivity index (χ2n) is 5.58. The van der Waals surface area contributed by atoms with E-state index in [1.165, 1.54) is 0 Å². The van der Waals surface area contributed by atoms with E-state index in [0.717, 1.165) is 26.3 Å². The highest BCUT2D eigenvalue weighted by molar-refractivity contribution is 5.92. The third-order valence-corrected chi connectivity index (χ3v) is 3.56. The minimum absolute atomic E-state index is 0.0957. The van der Waals surface area contributed by atoms with Gasteiger partial charge in [0.05, 0.1) is 13.2 Å². The number of nitrogens with one attached hydrogen (secondary N) is 1. The molecule has 1 aliphatic heterocycles. The number of nitrogens with zero attached hydrogens (tertiary/aromatic N) is 3. The van der Waals surface area contributed by atoms with Gasteiger partial charge in [0.2, 0.25) is 0 Å². The van der Waals surface area contributed by atoms with Crippen molar-refractivity contribution < 1.29 is 9.53 Å². The molecule has 0 radical (unpaired) electrons. The molecule has 1 amide bonds. The van der Waals surface area contributed by atoms with Crippen molar-refractivity contribution in [3.8, 4) is 0 Å². The summed E-state index contributed by atoms with van der Waals surface area (Å²) in [7, 11) is 0. The number of rotatable bonds is 4. The zero-order valence-electron chi connectivity index (χ0n) is 12.3. The van der Waals surface area contributed by atoms with E-state index in [9.17, 15) is 4.79 Å². The molecule has 2 rings (SSSR count). The predicted molar refractivity (Wildman–Crippen MR) is 75.6 cm³/mol. The lowest BCUT2D eigenvalue weighted by atomic mass is 10.0. The van der Waals surface area contributed by atoms with E-state index in [-0.39, 0.29) is 11.4 Å². The molecular weight excluding hydrogens is 256 g/mol. The fourth-order valence-corrected chi connectivity index (χ4v) is 2.25. The molecule has 0 bridgehead atoms. The monoisotopic (exact) mass is 278 g/mol. The lowest BCUT2D eigenvalue weighted by Crippen LogP contribution is -2.55. The first-order valence-electron chi connectivity index (χ1n) is 6.90. The van der Waals surface area contributed by atoms with Crippen LogP contribution < -0.4 is 5.32 Å². The molecule has 0 unspecified atom stereocenters. The average Bonchev–Trinajstić information content (AvgIpc) is 2.46. The van der Waals surface area contributed by atoms with Crippen LogP contribution in [0, 0.1) is 6.92 Å². The SMILES string of the molecule is Cc1nccc(C(=O)NCC(C)(C)N2CCOCC2)n1. The fraction of sp³-hybridized carbons (Fsp3) is 0.643. The molecule has 1 saturated heterocycles. The highest BCUT2D eigenvalue weighted by Gasteiger charge is 2.28. The lowest BCUT2D eigenvalue weighted by molar-refractivity contribution is -0.00924. The molecular formula is C14H22N4O2. The molecule has 0 spiro atoms. The van der Waals surface area contributed by atoms with Crippen LogP contribution in [-0.4, -0.2) is 59.2 Å². The molecule has 1 aromatic rings. The summed E-state index contributed by atoms with van der Waals surface area (Å²) in [4.78, 5) is 22.5. The maximum absolute atomic E-state index is 12.1. The Balaban J connectivity index is 1.91. The van der Waals surface area contributed by atoms with Gasteiger partial charge in [-0.1, -0.05) is 0 Å². The van der Waals surface area contributed by atoms with Crippen molar-refractivity contribution in [1.29, 1.82) is 0 Å². The molecule has 1 N–H and O–H groups in total. The molecule has 6 heteroatoms. The van der Waals surface area contributed by atoms with Crippen LogP contribution in [0.2, 0.25) is 0 Å². The predicted octanol–water partition coefficient (Wildman–Crippen LogP) is 0.626. The molecule has 110 valence electrons. The van der Waals surface area contributed by atoms with Crippen LogP contribution in [-0.2, 0) is 4.74 Å². The van der Waals surface area contributed by atoms with E-state index in [1.807, 2.05) is 0 Å². The number of aryl methyl sites for hydroxylation is 1. The highest BCUT2D eigenvalue weighted by Crippen LogP contribution is 2.15. The van der Waals surface area contributed by atoms with Crippen LogP contribution >= 0.6 is 0 Å². The zero-order chi connectivity index (χ0) is 14.6. The fourth-order valence-electron chi connectivity index (χ4n) is 2.25. The normalized spacial score (nSPS) is 16.9. The smallest absolute Gasteiger partial charge is 0.270 e. The number of morpholine rings is 1. The molecule has 0 aliphatic carbocycles. The van der Waals surface area contributed by atoms with Crippen LogP contribution in [0.4, 0.5) is 0 Å². The average molecular weight is 278 g/mol. The standard InChI is InChI=1S/C14H22N4O2/c1-11-15-5-4-12(17-11)13(19)16-10-14(2,3)18-6-8-20-9-7-18/h4-5H,6-10H2,1-3H3,(H,16,19). The number of hydrogen-bond acceptors (Lipinski definition) is 5. The number of hydrogen-bond donors (Lipinski definition) is 1. The molecule has 1 fully saturated rings. The summed E-state index contributed by atoms with van der Waals surface area (Å²) in [5, 5.41) is 2.95. The maximum Gasteiger partial charge on any atom is 0.270 e. The molecule has 6 nitrogen and oxygen atoms in total. The van der Waals surface area contributed by atoms with Crippen LogP contribution in [0.25, 0.3) is 0 Å². The third kappa shape index (κ3) is 3.74.